The summed E-state index contributed by atoms with van der Waals surface area (Å²) in [6.45, 7) is 3.25. The van der Waals surface area contributed by atoms with Gasteiger partial charge in [0.1, 0.15) is 6.04 Å². The molecule has 1 saturated heterocycles. The monoisotopic (exact) mass is 281 g/mol. The molecule has 2 rings (SSSR count). The largest absolute Gasteiger partial charge is 0.480 e. The van der Waals surface area contributed by atoms with Gasteiger partial charge in [0.25, 0.3) is 0 Å². The van der Waals surface area contributed by atoms with Crippen LogP contribution in [-0.4, -0.2) is 56.1 Å². The van der Waals surface area contributed by atoms with Crippen molar-refractivity contribution in [1.29, 1.82) is 0 Å². The Hall–Kier alpha value is -2.12. The lowest BCUT2D eigenvalue weighted by Gasteiger charge is -2.37. The van der Waals surface area contributed by atoms with Crippen LogP contribution in [0.3, 0.4) is 0 Å². The molecule has 1 aromatic rings. The van der Waals surface area contributed by atoms with Gasteiger partial charge in [0.05, 0.1) is 12.7 Å². The molecule has 2 amide bonds. The summed E-state index contributed by atoms with van der Waals surface area (Å²) in [4.78, 5) is 24.8. The topological polar surface area (TPSA) is 100 Å². The lowest BCUT2D eigenvalue weighted by molar-refractivity contribution is -0.145. The predicted octanol–water partition coefficient (Wildman–Crippen LogP) is 0.173. The number of likely N-dealkylation sites (tertiary alicyclic amines) is 1. The van der Waals surface area contributed by atoms with Gasteiger partial charge in [-0.2, -0.15) is 0 Å². The van der Waals surface area contributed by atoms with Gasteiger partial charge < -0.3 is 15.3 Å². The van der Waals surface area contributed by atoms with Crippen LogP contribution in [-0.2, 0) is 11.3 Å². The summed E-state index contributed by atoms with van der Waals surface area (Å²) in [7, 11) is 0. The summed E-state index contributed by atoms with van der Waals surface area (Å²) < 4.78 is 1.60. The third-order valence-electron chi connectivity index (χ3n) is 3.54. The Morgan fingerprint density at radius 3 is 2.95 bits per heavy atom. The summed E-state index contributed by atoms with van der Waals surface area (Å²) in [5.74, 6) is -0.967. The number of nitrogens with one attached hydrogen (secondary N) is 1. The maximum absolute atomic E-state index is 12.1. The molecule has 1 aliphatic rings. The number of rotatable bonds is 4. The van der Waals surface area contributed by atoms with Gasteiger partial charge in [0.2, 0.25) is 0 Å². The molecule has 2 heterocycles. The van der Waals surface area contributed by atoms with E-state index >= 15 is 0 Å². The van der Waals surface area contributed by atoms with Crippen molar-refractivity contribution >= 4 is 12.0 Å². The molecule has 1 aromatic heterocycles. The van der Waals surface area contributed by atoms with Gasteiger partial charge in [0.15, 0.2) is 0 Å². The van der Waals surface area contributed by atoms with Crippen molar-refractivity contribution < 1.29 is 14.7 Å². The van der Waals surface area contributed by atoms with E-state index in [2.05, 4.69) is 15.6 Å². The molecule has 2 atom stereocenters. The minimum Gasteiger partial charge on any atom is -0.480 e. The number of carbonyl (C=O) groups is 2. The van der Waals surface area contributed by atoms with E-state index in [-0.39, 0.29) is 11.9 Å². The fraction of sp³-hybridized carbons (Fsp3) is 0.667. The summed E-state index contributed by atoms with van der Waals surface area (Å²) in [5.41, 5.74) is 0. The molecule has 8 nitrogen and oxygen atoms in total. The number of nitrogens with zero attached hydrogens (tertiary/aromatic N) is 4. The number of piperidine rings is 1. The number of hydrogen-bond acceptors (Lipinski definition) is 4. The Morgan fingerprint density at radius 2 is 2.30 bits per heavy atom. The van der Waals surface area contributed by atoms with Crippen LogP contribution in [0.15, 0.2) is 12.4 Å². The summed E-state index contributed by atoms with van der Waals surface area (Å²) in [6.07, 6.45) is 4.94. The van der Waals surface area contributed by atoms with Gasteiger partial charge >= 0.3 is 12.0 Å². The van der Waals surface area contributed by atoms with Crippen molar-refractivity contribution in [2.75, 3.05) is 13.1 Å². The highest BCUT2D eigenvalue weighted by Gasteiger charge is 2.36. The smallest absolute Gasteiger partial charge is 0.326 e. The fourth-order valence-electron chi connectivity index (χ4n) is 2.52. The molecule has 0 spiro atoms. The number of carbonyl (C=O) groups excluding carboxylic acids is 1. The molecule has 1 aliphatic heterocycles. The molecule has 1 fully saturated rings. The third kappa shape index (κ3) is 3.25. The maximum atomic E-state index is 12.1. The minimum atomic E-state index is -0.941. The molecular weight excluding hydrogens is 262 g/mol. The molecule has 20 heavy (non-hydrogen) atoms. The van der Waals surface area contributed by atoms with Crippen molar-refractivity contribution in [2.45, 2.75) is 32.4 Å². The Bertz CT molecular complexity index is 462. The van der Waals surface area contributed by atoms with Crippen LogP contribution in [0, 0.1) is 5.92 Å². The van der Waals surface area contributed by atoms with E-state index in [9.17, 15) is 14.7 Å². The molecule has 0 bridgehead atoms. The normalized spacial score (nSPS) is 22.6. The zero-order chi connectivity index (χ0) is 14.5. The van der Waals surface area contributed by atoms with Crippen molar-refractivity contribution in [3.63, 3.8) is 0 Å². The first-order valence-electron chi connectivity index (χ1n) is 6.71. The first-order chi connectivity index (χ1) is 9.59. The first-order valence-corrected chi connectivity index (χ1v) is 6.71. The average molecular weight is 281 g/mol. The molecule has 0 saturated carbocycles. The second-order valence-corrected chi connectivity index (χ2v) is 4.99. The number of carboxylic acids is 1. The molecule has 2 unspecified atom stereocenters. The van der Waals surface area contributed by atoms with Crippen LogP contribution in [0.2, 0.25) is 0 Å². The van der Waals surface area contributed by atoms with Crippen molar-refractivity contribution in [3.8, 4) is 0 Å². The molecule has 0 aromatic carbocycles. The number of carboxylic acid groups (broad SMARTS) is 1. The van der Waals surface area contributed by atoms with Crippen LogP contribution in [0.1, 0.15) is 19.8 Å². The second-order valence-electron chi connectivity index (χ2n) is 4.99. The standard InChI is InChI=1S/C12H19N5O3/c1-9-3-2-6-17(10(9)11(18)19)12(20)13-4-7-16-8-5-14-15-16/h5,8-10H,2-4,6-7H2,1H3,(H,13,20)(H,18,19). The maximum Gasteiger partial charge on any atom is 0.326 e. The van der Waals surface area contributed by atoms with Crippen LogP contribution < -0.4 is 5.32 Å². The summed E-state index contributed by atoms with van der Waals surface area (Å²) in [5, 5.41) is 19.4. The van der Waals surface area contributed by atoms with Crippen molar-refractivity contribution in [3.05, 3.63) is 12.4 Å². The van der Waals surface area contributed by atoms with Crippen molar-refractivity contribution in [1.82, 2.24) is 25.2 Å². The zero-order valence-corrected chi connectivity index (χ0v) is 11.4. The van der Waals surface area contributed by atoms with E-state index in [1.165, 1.54) is 4.90 Å². The second kappa shape index (κ2) is 6.36. The Labute approximate surface area is 116 Å². The Morgan fingerprint density at radius 1 is 1.50 bits per heavy atom. The average Bonchev–Trinajstić information content (AvgIpc) is 2.91. The summed E-state index contributed by atoms with van der Waals surface area (Å²) >= 11 is 0. The van der Waals surface area contributed by atoms with Gasteiger partial charge in [-0.3, -0.25) is 4.68 Å². The molecular formula is C12H19N5O3. The van der Waals surface area contributed by atoms with Crippen LogP contribution >= 0.6 is 0 Å². The van der Waals surface area contributed by atoms with E-state index in [1.807, 2.05) is 6.92 Å². The van der Waals surface area contributed by atoms with Gasteiger partial charge in [-0.05, 0) is 18.8 Å². The van der Waals surface area contributed by atoms with Crippen LogP contribution in [0.5, 0.6) is 0 Å². The van der Waals surface area contributed by atoms with Gasteiger partial charge in [-0.25, -0.2) is 9.59 Å². The van der Waals surface area contributed by atoms with E-state index in [0.717, 1.165) is 12.8 Å². The SMILES string of the molecule is CC1CCCN(C(=O)NCCn2ccnn2)C1C(=O)O. The van der Waals surface area contributed by atoms with Crippen molar-refractivity contribution in [2.24, 2.45) is 5.92 Å². The molecule has 110 valence electrons. The van der Waals surface area contributed by atoms with E-state index in [1.54, 1.807) is 17.1 Å². The molecule has 2 N–H and O–H groups in total. The van der Waals surface area contributed by atoms with E-state index < -0.39 is 12.0 Å². The predicted molar refractivity (Wildman–Crippen MR) is 69.9 cm³/mol. The highest BCUT2D eigenvalue weighted by Crippen LogP contribution is 2.23. The third-order valence-corrected chi connectivity index (χ3v) is 3.54. The molecule has 0 aliphatic carbocycles. The van der Waals surface area contributed by atoms with Gasteiger partial charge in [0, 0.05) is 19.3 Å². The zero-order valence-electron chi connectivity index (χ0n) is 11.4. The van der Waals surface area contributed by atoms with Gasteiger partial charge in [-0.1, -0.05) is 12.1 Å². The lowest BCUT2D eigenvalue weighted by atomic mass is 9.91. The fourth-order valence-corrected chi connectivity index (χ4v) is 2.52. The van der Waals surface area contributed by atoms with Crippen LogP contribution in [0.4, 0.5) is 4.79 Å². The summed E-state index contributed by atoms with van der Waals surface area (Å²) in [6, 6.07) is -1.07. The Balaban J connectivity index is 1.88. The highest BCUT2D eigenvalue weighted by molar-refractivity contribution is 5.83. The number of urea groups is 1. The minimum absolute atomic E-state index is 0.0256. The number of amides is 2. The molecule has 0 radical (unpaired) electrons. The number of aliphatic carboxylic acids is 1. The van der Waals surface area contributed by atoms with E-state index in [0.29, 0.717) is 19.6 Å². The quantitative estimate of drug-likeness (QED) is 0.819. The highest BCUT2D eigenvalue weighted by atomic mass is 16.4. The number of hydrogen-bond donors (Lipinski definition) is 2. The lowest BCUT2D eigenvalue weighted by Crippen LogP contribution is -2.55. The molecule has 8 heteroatoms. The van der Waals surface area contributed by atoms with Gasteiger partial charge in [-0.15, -0.1) is 5.10 Å². The number of aromatic nitrogens is 3. The first kappa shape index (κ1) is 14.3. The van der Waals surface area contributed by atoms with Crippen LogP contribution in [0.25, 0.3) is 0 Å². The Kier molecular flexibility index (Phi) is 4.54. The van der Waals surface area contributed by atoms with E-state index in [4.69, 9.17) is 0 Å².